The van der Waals surface area contributed by atoms with Crippen molar-refractivity contribution in [3.63, 3.8) is 0 Å². The van der Waals surface area contributed by atoms with Gasteiger partial charge in [0, 0.05) is 0 Å². The molecular formula is C16H28O2Si. The summed E-state index contributed by atoms with van der Waals surface area (Å²) in [4.78, 5) is 0. The molecule has 0 saturated carbocycles. The zero-order valence-electron chi connectivity index (χ0n) is 12.9. The van der Waals surface area contributed by atoms with E-state index in [1.807, 2.05) is 24.3 Å². The Balaban J connectivity index is 2.97. The first-order chi connectivity index (χ1) is 9.21. The molecule has 0 heterocycles. The van der Waals surface area contributed by atoms with E-state index in [0.717, 1.165) is 11.5 Å². The van der Waals surface area contributed by atoms with Gasteiger partial charge in [0.05, 0.1) is 7.11 Å². The molecule has 0 atom stereocenters. The highest BCUT2D eigenvalue weighted by Crippen LogP contribution is 2.34. The van der Waals surface area contributed by atoms with Crippen LogP contribution < -0.4 is 9.16 Å². The van der Waals surface area contributed by atoms with Crippen LogP contribution >= 0.6 is 0 Å². The van der Waals surface area contributed by atoms with Crippen LogP contribution in [0.5, 0.6) is 11.5 Å². The van der Waals surface area contributed by atoms with E-state index in [-0.39, 0.29) is 0 Å². The second-order valence-corrected chi connectivity index (χ2v) is 9.26. The van der Waals surface area contributed by atoms with Crippen molar-refractivity contribution in [2.75, 3.05) is 7.11 Å². The largest absolute Gasteiger partial charge is 0.541 e. The fourth-order valence-electron chi connectivity index (χ4n) is 2.83. The summed E-state index contributed by atoms with van der Waals surface area (Å²) in [5, 5.41) is 0. The predicted octanol–water partition coefficient (Wildman–Crippen LogP) is 5.25. The fourth-order valence-corrected chi connectivity index (χ4v) is 7.26. The molecule has 2 nitrogen and oxygen atoms in total. The molecule has 3 heteroatoms. The molecule has 108 valence electrons. The molecule has 0 aliphatic carbocycles. The second-order valence-electron chi connectivity index (χ2n) is 5.19. The van der Waals surface area contributed by atoms with Crippen LogP contribution in [-0.2, 0) is 0 Å². The summed E-state index contributed by atoms with van der Waals surface area (Å²) in [7, 11) is 0.0492. The average molecular weight is 280 g/mol. The van der Waals surface area contributed by atoms with Gasteiger partial charge in [-0.1, -0.05) is 52.2 Å². The van der Waals surface area contributed by atoms with Gasteiger partial charge >= 0.3 is 0 Å². The molecule has 0 aromatic heterocycles. The number of rotatable bonds is 9. The van der Waals surface area contributed by atoms with Crippen LogP contribution in [0.1, 0.15) is 40.0 Å². The zero-order chi connectivity index (χ0) is 14.1. The zero-order valence-corrected chi connectivity index (χ0v) is 13.9. The lowest BCUT2D eigenvalue weighted by atomic mass is 10.3. The van der Waals surface area contributed by atoms with Crippen LogP contribution in [0.15, 0.2) is 24.3 Å². The van der Waals surface area contributed by atoms with E-state index >= 15 is 0 Å². The maximum absolute atomic E-state index is 6.56. The Labute approximate surface area is 119 Å². The third-order valence-electron chi connectivity index (χ3n) is 3.51. The van der Waals surface area contributed by atoms with Gasteiger partial charge in [-0.2, -0.15) is 0 Å². The minimum absolute atomic E-state index is 0.864. The fraction of sp³-hybridized carbons (Fsp3) is 0.625. The number of hydrogen-bond acceptors (Lipinski definition) is 2. The smallest absolute Gasteiger partial charge is 0.251 e. The standard InChI is InChI=1S/C16H28O2Si/c1-5-12-19(13-6-2,14-7-3)18-16-11-9-8-10-15(16)17-4/h8-11H,5-7,12-14H2,1-4H3. The van der Waals surface area contributed by atoms with E-state index in [1.165, 1.54) is 37.4 Å². The summed E-state index contributed by atoms with van der Waals surface area (Å²) in [6.45, 7) is 6.79. The molecule has 0 amide bonds. The van der Waals surface area contributed by atoms with Crippen molar-refractivity contribution in [2.45, 2.75) is 58.2 Å². The van der Waals surface area contributed by atoms with Crippen LogP contribution in [0.4, 0.5) is 0 Å². The molecule has 0 saturated heterocycles. The number of ether oxygens (including phenoxy) is 1. The van der Waals surface area contributed by atoms with Gasteiger partial charge in [0.25, 0.3) is 8.32 Å². The highest BCUT2D eigenvalue weighted by Gasteiger charge is 2.34. The van der Waals surface area contributed by atoms with E-state index in [1.54, 1.807) is 7.11 Å². The van der Waals surface area contributed by atoms with E-state index in [0.29, 0.717) is 0 Å². The summed E-state index contributed by atoms with van der Waals surface area (Å²) in [5.74, 6) is 1.80. The Morgan fingerprint density at radius 1 is 0.842 bits per heavy atom. The first-order valence-electron chi connectivity index (χ1n) is 7.53. The topological polar surface area (TPSA) is 18.5 Å². The third kappa shape index (κ3) is 4.57. The van der Waals surface area contributed by atoms with Crippen molar-refractivity contribution in [3.8, 4) is 11.5 Å². The van der Waals surface area contributed by atoms with Gasteiger partial charge in [0.2, 0.25) is 0 Å². The molecule has 0 aliphatic heterocycles. The van der Waals surface area contributed by atoms with Gasteiger partial charge in [-0.15, -0.1) is 0 Å². The van der Waals surface area contributed by atoms with E-state index in [4.69, 9.17) is 9.16 Å². The SMILES string of the molecule is CCC[Si](CCC)(CCC)Oc1ccccc1OC. The Morgan fingerprint density at radius 2 is 1.32 bits per heavy atom. The normalized spacial score (nSPS) is 11.4. The van der Waals surface area contributed by atoms with Crippen LogP contribution in [-0.4, -0.2) is 15.4 Å². The molecule has 1 rings (SSSR count). The molecule has 1 aromatic rings. The summed E-state index contributed by atoms with van der Waals surface area (Å²) in [6.07, 6.45) is 3.63. The average Bonchev–Trinajstić information content (AvgIpc) is 2.40. The van der Waals surface area contributed by atoms with E-state index in [9.17, 15) is 0 Å². The van der Waals surface area contributed by atoms with E-state index in [2.05, 4.69) is 20.8 Å². The molecule has 19 heavy (non-hydrogen) atoms. The summed E-state index contributed by atoms with van der Waals surface area (Å²) in [6, 6.07) is 11.8. The van der Waals surface area contributed by atoms with Crippen LogP contribution in [0, 0.1) is 0 Å². The number of hydrogen-bond donors (Lipinski definition) is 0. The first-order valence-corrected chi connectivity index (χ1v) is 10.1. The molecule has 0 bridgehead atoms. The van der Waals surface area contributed by atoms with Crippen molar-refractivity contribution >= 4 is 8.32 Å². The summed E-state index contributed by atoms with van der Waals surface area (Å²) >= 11 is 0. The minimum Gasteiger partial charge on any atom is -0.541 e. The highest BCUT2D eigenvalue weighted by molar-refractivity contribution is 6.74. The molecule has 0 radical (unpaired) electrons. The number of para-hydroxylation sites is 2. The molecule has 0 aliphatic rings. The number of benzene rings is 1. The minimum atomic E-state index is -1.66. The van der Waals surface area contributed by atoms with Crippen LogP contribution in [0.25, 0.3) is 0 Å². The Bertz CT molecular complexity index is 349. The molecule has 1 aromatic carbocycles. The lowest BCUT2D eigenvalue weighted by Gasteiger charge is -2.32. The van der Waals surface area contributed by atoms with Crippen molar-refractivity contribution in [3.05, 3.63) is 24.3 Å². The predicted molar refractivity (Wildman–Crippen MR) is 84.7 cm³/mol. The van der Waals surface area contributed by atoms with Gasteiger partial charge in [0.15, 0.2) is 5.75 Å². The lowest BCUT2D eigenvalue weighted by molar-refractivity contribution is 0.388. The highest BCUT2D eigenvalue weighted by atomic mass is 28.4. The van der Waals surface area contributed by atoms with Crippen molar-refractivity contribution in [2.24, 2.45) is 0 Å². The van der Waals surface area contributed by atoms with Crippen LogP contribution in [0.2, 0.25) is 18.1 Å². The first kappa shape index (κ1) is 16.1. The maximum Gasteiger partial charge on any atom is 0.251 e. The van der Waals surface area contributed by atoms with Crippen molar-refractivity contribution < 1.29 is 9.16 Å². The van der Waals surface area contributed by atoms with Crippen LogP contribution in [0.3, 0.4) is 0 Å². The number of methoxy groups -OCH3 is 1. The third-order valence-corrected chi connectivity index (χ3v) is 8.40. The molecule has 0 spiro atoms. The quantitative estimate of drug-likeness (QED) is 0.575. The summed E-state index contributed by atoms with van der Waals surface area (Å²) < 4.78 is 12.0. The van der Waals surface area contributed by atoms with Crippen molar-refractivity contribution in [1.82, 2.24) is 0 Å². The van der Waals surface area contributed by atoms with Crippen molar-refractivity contribution in [1.29, 1.82) is 0 Å². The van der Waals surface area contributed by atoms with Gasteiger partial charge in [0.1, 0.15) is 5.75 Å². The molecule has 0 N–H and O–H groups in total. The summed E-state index contributed by atoms with van der Waals surface area (Å²) in [5.41, 5.74) is 0. The van der Waals surface area contributed by atoms with Gasteiger partial charge in [-0.25, -0.2) is 0 Å². The molecule has 0 unspecified atom stereocenters. The Morgan fingerprint density at radius 3 is 1.74 bits per heavy atom. The molecule has 0 fully saturated rings. The Hall–Kier alpha value is -0.963. The van der Waals surface area contributed by atoms with Gasteiger partial charge < -0.3 is 9.16 Å². The maximum atomic E-state index is 6.56. The lowest BCUT2D eigenvalue weighted by Crippen LogP contribution is -2.41. The Kier molecular flexibility index (Phi) is 6.99. The molecular weight excluding hydrogens is 252 g/mol. The second kappa shape index (κ2) is 8.26. The van der Waals surface area contributed by atoms with Gasteiger partial charge in [-0.05, 0) is 30.3 Å². The van der Waals surface area contributed by atoms with Gasteiger partial charge in [-0.3, -0.25) is 0 Å². The monoisotopic (exact) mass is 280 g/mol. The van der Waals surface area contributed by atoms with E-state index < -0.39 is 8.32 Å².